The molecule has 0 unspecified atom stereocenters. The van der Waals surface area contributed by atoms with Gasteiger partial charge in [-0.2, -0.15) is 0 Å². The Morgan fingerprint density at radius 3 is 1.43 bits per heavy atom. The van der Waals surface area contributed by atoms with Crippen LogP contribution in [0.1, 0.15) is 0 Å². The van der Waals surface area contributed by atoms with E-state index in [1.807, 2.05) is 0 Å². The molecule has 7 heteroatoms. The molecule has 0 aliphatic heterocycles. The SMILES string of the molecule is O=S(=O)([O-])O.[Cu].[NH4+]. The molecule has 0 saturated carbocycles. The largest absolute Gasteiger partial charge is 0.726 e. The second-order valence-electron chi connectivity index (χ2n) is 0.428. The molecule has 0 amide bonds. The van der Waals surface area contributed by atoms with Gasteiger partial charge in [-0.25, -0.2) is 8.42 Å². The molecule has 0 bridgehead atoms. The topological polar surface area (TPSA) is 114 Å². The smallest absolute Gasteiger partial charge is 0.215 e. The molecular weight excluding hydrogens is 174 g/mol. The van der Waals surface area contributed by atoms with Crippen LogP contribution in [0.4, 0.5) is 0 Å². The van der Waals surface area contributed by atoms with Gasteiger partial charge in [0.05, 0.1) is 0 Å². The van der Waals surface area contributed by atoms with Crippen molar-refractivity contribution in [2.24, 2.45) is 0 Å². The Morgan fingerprint density at radius 1 is 1.43 bits per heavy atom. The Kier molecular flexibility index (Phi) is 10.1. The van der Waals surface area contributed by atoms with E-state index in [9.17, 15) is 0 Å². The molecule has 0 fully saturated rings. The van der Waals surface area contributed by atoms with Crippen molar-refractivity contribution in [1.29, 1.82) is 0 Å². The van der Waals surface area contributed by atoms with Crippen LogP contribution in [0.15, 0.2) is 0 Å². The third-order valence-electron chi connectivity index (χ3n) is 0. The maximum absolute atomic E-state index is 8.63. The fraction of sp³-hybridized carbons (Fsp3) is 0. The first-order valence-corrected chi connectivity index (χ1v) is 2.05. The van der Waals surface area contributed by atoms with Crippen LogP contribution >= 0.6 is 0 Å². The van der Waals surface area contributed by atoms with Crippen LogP contribution in [0.25, 0.3) is 0 Å². The molecule has 0 atom stereocenters. The van der Waals surface area contributed by atoms with Gasteiger partial charge >= 0.3 is 0 Å². The van der Waals surface area contributed by atoms with E-state index >= 15 is 0 Å². The van der Waals surface area contributed by atoms with Crippen molar-refractivity contribution in [3.05, 3.63) is 0 Å². The van der Waals surface area contributed by atoms with Crippen molar-refractivity contribution in [3.8, 4) is 0 Å². The number of quaternary nitrogens is 1. The minimum absolute atomic E-state index is 0. The second kappa shape index (κ2) is 4.51. The van der Waals surface area contributed by atoms with Gasteiger partial charge in [0, 0.05) is 17.1 Å². The van der Waals surface area contributed by atoms with E-state index in [1.54, 1.807) is 0 Å². The Balaban J connectivity index is -0.0000000800. The summed E-state index contributed by atoms with van der Waals surface area (Å²) in [5.41, 5.74) is 0. The predicted molar refractivity (Wildman–Crippen MR) is 18.3 cm³/mol. The Hall–Kier alpha value is 0.349. The van der Waals surface area contributed by atoms with Crippen molar-refractivity contribution in [3.63, 3.8) is 0 Å². The molecule has 0 saturated heterocycles. The van der Waals surface area contributed by atoms with E-state index in [1.165, 1.54) is 0 Å². The molecular formula is H5CuNO4S. The van der Waals surface area contributed by atoms with Crippen LogP contribution in [0.2, 0.25) is 0 Å². The maximum Gasteiger partial charge on any atom is 0.215 e. The summed E-state index contributed by atoms with van der Waals surface area (Å²) >= 11 is 0. The molecule has 0 spiro atoms. The summed E-state index contributed by atoms with van der Waals surface area (Å²) in [6.07, 6.45) is 0. The van der Waals surface area contributed by atoms with Crippen LogP contribution in [-0.2, 0) is 27.5 Å². The summed E-state index contributed by atoms with van der Waals surface area (Å²) in [6, 6.07) is 0. The average molecular weight is 179 g/mol. The summed E-state index contributed by atoms with van der Waals surface area (Å²) in [7, 11) is -4.92. The zero-order valence-corrected chi connectivity index (χ0v) is 5.14. The minimum atomic E-state index is -4.92. The van der Waals surface area contributed by atoms with E-state index in [2.05, 4.69) is 0 Å². The van der Waals surface area contributed by atoms with Crippen LogP contribution in [0.5, 0.6) is 0 Å². The molecule has 5 nitrogen and oxygen atoms in total. The fourth-order valence-corrected chi connectivity index (χ4v) is 0. The standard InChI is InChI=1S/Cu.H3N.H2O4S/c;;1-5(2,3)4/h;1H3;(H2,1,2,3,4). The normalized spacial score (nSPS) is 8.29. The summed E-state index contributed by atoms with van der Waals surface area (Å²) in [6.45, 7) is 0. The van der Waals surface area contributed by atoms with Crippen LogP contribution in [-0.4, -0.2) is 17.5 Å². The van der Waals surface area contributed by atoms with E-state index in [4.69, 9.17) is 17.5 Å². The van der Waals surface area contributed by atoms with Gasteiger partial charge in [0.1, 0.15) is 0 Å². The molecule has 0 aliphatic carbocycles. The van der Waals surface area contributed by atoms with Crippen molar-refractivity contribution in [2.75, 3.05) is 0 Å². The van der Waals surface area contributed by atoms with Gasteiger partial charge in [-0.15, -0.1) is 0 Å². The quantitative estimate of drug-likeness (QED) is 0.292. The first-order chi connectivity index (χ1) is 2.00. The summed E-state index contributed by atoms with van der Waals surface area (Å²) in [5, 5.41) is 0. The first kappa shape index (κ1) is 15.7. The zero-order valence-electron chi connectivity index (χ0n) is 3.38. The number of rotatable bonds is 0. The van der Waals surface area contributed by atoms with Gasteiger partial charge in [0.15, 0.2) is 0 Å². The van der Waals surface area contributed by atoms with Gasteiger partial charge in [-0.3, -0.25) is 4.55 Å². The minimum Gasteiger partial charge on any atom is -0.726 e. The van der Waals surface area contributed by atoms with Gasteiger partial charge in [-0.1, -0.05) is 0 Å². The molecule has 0 aromatic carbocycles. The van der Waals surface area contributed by atoms with Crippen molar-refractivity contribution in [2.45, 2.75) is 0 Å². The monoisotopic (exact) mass is 178 g/mol. The molecule has 51 valence electrons. The third kappa shape index (κ3) is 983. The van der Waals surface area contributed by atoms with Crippen molar-refractivity contribution < 1.29 is 34.6 Å². The first-order valence-electron chi connectivity index (χ1n) is 0.683. The molecule has 0 rings (SSSR count). The maximum atomic E-state index is 8.63. The second-order valence-corrected chi connectivity index (χ2v) is 1.28. The summed E-state index contributed by atoms with van der Waals surface area (Å²) in [5.74, 6) is 0. The van der Waals surface area contributed by atoms with Gasteiger partial charge in [0.25, 0.3) is 0 Å². The Bertz CT molecular complexity index is 94.9. The summed E-state index contributed by atoms with van der Waals surface area (Å²) in [4.78, 5) is 0. The third-order valence-corrected chi connectivity index (χ3v) is 0. The van der Waals surface area contributed by atoms with Crippen LogP contribution < -0.4 is 6.15 Å². The van der Waals surface area contributed by atoms with Crippen LogP contribution in [0.3, 0.4) is 0 Å². The van der Waals surface area contributed by atoms with Crippen LogP contribution in [0, 0.1) is 0 Å². The average Bonchev–Trinajstić information content (AvgIpc) is 0.722. The van der Waals surface area contributed by atoms with Gasteiger partial charge in [0.2, 0.25) is 10.4 Å². The molecule has 5 N–H and O–H groups in total. The fourth-order valence-electron chi connectivity index (χ4n) is 0. The van der Waals surface area contributed by atoms with Crippen molar-refractivity contribution >= 4 is 10.4 Å². The Labute approximate surface area is 51.7 Å². The molecule has 0 heterocycles. The Morgan fingerprint density at radius 2 is 1.43 bits per heavy atom. The molecule has 0 aromatic rings. The van der Waals surface area contributed by atoms with Crippen molar-refractivity contribution in [1.82, 2.24) is 6.15 Å². The van der Waals surface area contributed by atoms with E-state index in [0.717, 1.165) is 0 Å². The zero-order chi connectivity index (χ0) is 4.50. The predicted octanol–water partition coefficient (Wildman–Crippen LogP) is -0.622. The van der Waals surface area contributed by atoms with E-state index < -0.39 is 10.4 Å². The molecule has 0 aromatic heterocycles. The molecule has 0 aliphatic rings. The van der Waals surface area contributed by atoms with Gasteiger partial charge in [-0.05, 0) is 0 Å². The molecule has 1 radical (unpaired) electrons. The van der Waals surface area contributed by atoms with Gasteiger partial charge < -0.3 is 10.7 Å². The number of hydrogen-bond donors (Lipinski definition) is 2. The molecule has 7 heavy (non-hydrogen) atoms. The number of hydrogen-bond acceptors (Lipinski definition) is 3. The summed E-state index contributed by atoms with van der Waals surface area (Å²) < 4.78 is 32.8. The van der Waals surface area contributed by atoms with E-state index in [-0.39, 0.29) is 23.2 Å². The van der Waals surface area contributed by atoms with E-state index in [0.29, 0.717) is 0 Å².